The lowest BCUT2D eigenvalue weighted by molar-refractivity contribution is -0.109. The molecule has 1 aromatic heterocycles. The maximum atomic E-state index is 10.3. The van der Waals surface area contributed by atoms with Crippen LogP contribution in [0.5, 0.6) is 0 Å². The molecule has 1 amide bonds. The average Bonchev–Trinajstić information content (AvgIpc) is 2.65. The zero-order valence-corrected chi connectivity index (χ0v) is 17.7. The van der Waals surface area contributed by atoms with Crippen LogP contribution in [0.4, 0.5) is 5.95 Å². The second-order valence-corrected chi connectivity index (χ2v) is 7.73. The Balaban J connectivity index is 2.26. The number of aromatic nitrogens is 2. The van der Waals surface area contributed by atoms with Crippen LogP contribution in [0.25, 0.3) is 17.0 Å². The largest absolute Gasteiger partial charge is 0.385 e. The van der Waals surface area contributed by atoms with Crippen LogP contribution in [-0.4, -0.2) is 35.2 Å². The van der Waals surface area contributed by atoms with Gasteiger partial charge in [0.05, 0.1) is 5.69 Å². The van der Waals surface area contributed by atoms with Crippen LogP contribution < -0.4 is 16.4 Å². The van der Waals surface area contributed by atoms with E-state index < -0.39 is 0 Å². The van der Waals surface area contributed by atoms with Crippen LogP contribution in [0.3, 0.4) is 0 Å². The van der Waals surface area contributed by atoms with Crippen molar-refractivity contribution in [2.45, 2.75) is 38.6 Å². The Morgan fingerprint density at radius 3 is 2.71 bits per heavy atom. The molecule has 2 rings (SSSR count). The van der Waals surface area contributed by atoms with E-state index in [1.807, 2.05) is 6.07 Å². The molecule has 0 atom stereocenters. The number of hydrogen-bond donors (Lipinski definition) is 3. The highest BCUT2D eigenvalue weighted by Crippen LogP contribution is 2.30. The first-order valence-corrected chi connectivity index (χ1v) is 10.4. The van der Waals surface area contributed by atoms with E-state index in [0.29, 0.717) is 13.0 Å². The normalized spacial score (nSPS) is 10.5. The smallest absolute Gasteiger partial charge is 0.221 e. The molecule has 28 heavy (non-hydrogen) atoms. The quantitative estimate of drug-likeness (QED) is 0.232. The number of benzene rings is 1. The molecule has 4 N–H and O–H groups in total. The second kappa shape index (κ2) is 10.7. The summed E-state index contributed by atoms with van der Waals surface area (Å²) in [6, 6.07) is 6.25. The van der Waals surface area contributed by atoms with E-state index >= 15 is 0 Å². The number of nitrogens with zero attached hydrogens (tertiary/aromatic N) is 2. The van der Waals surface area contributed by atoms with E-state index in [0.717, 1.165) is 63.8 Å². The first kappa shape index (κ1) is 21.8. The van der Waals surface area contributed by atoms with Gasteiger partial charge in [-0.2, -0.15) is 0 Å². The lowest BCUT2D eigenvalue weighted by atomic mass is 9.96. The van der Waals surface area contributed by atoms with E-state index in [1.54, 1.807) is 11.8 Å². The van der Waals surface area contributed by atoms with Crippen molar-refractivity contribution >= 4 is 29.8 Å². The highest BCUT2D eigenvalue weighted by atomic mass is 32.2. The first-order chi connectivity index (χ1) is 13.5. The van der Waals surface area contributed by atoms with Crippen LogP contribution in [0.2, 0.25) is 0 Å². The molecule has 1 aromatic carbocycles. The number of nitrogen functional groups attached to an aromatic ring is 1. The predicted molar refractivity (Wildman–Crippen MR) is 118 cm³/mol. The monoisotopic (exact) mass is 399 g/mol. The number of amides is 1. The standard InChI is InChI=1S/C21H29N5OS/c1-5-9-28-20-12-19(25-21(22)26-20)18-11-17(14(2)10-15(18)3)16(4)24-8-6-7-23-13-27/h10-13,24H,4-9H2,1-3H3,(H,23,27)(H2,22,25,26). The van der Waals surface area contributed by atoms with Gasteiger partial charge in [0, 0.05) is 29.9 Å². The molecule has 0 aliphatic carbocycles. The summed E-state index contributed by atoms with van der Waals surface area (Å²) in [4.78, 5) is 19.1. The molecule has 0 radical (unpaired) electrons. The van der Waals surface area contributed by atoms with Crippen molar-refractivity contribution in [2.24, 2.45) is 0 Å². The molecule has 0 saturated heterocycles. The van der Waals surface area contributed by atoms with Crippen molar-refractivity contribution in [3.63, 3.8) is 0 Å². The number of carbonyl (C=O) groups excluding carboxylic acids is 1. The summed E-state index contributed by atoms with van der Waals surface area (Å²) in [5, 5.41) is 6.89. The Labute approximate surface area is 171 Å². The number of rotatable bonds is 11. The van der Waals surface area contributed by atoms with Crippen molar-refractivity contribution in [2.75, 3.05) is 24.6 Å². The molecule has 0 aliphatic heterocycles. The maximum Gasteiger partial charge on any atom is 0.221 e. The van der Waals surface area contributed by atoms with E-state index in [9.17, 15) is 4.79 Å². The Kier molecular flexibility index (Phi) is 8.32. The number of hydrogen-bond acceptors (Lipinski definition) is 6. The molecule has 1 heterocycles. The summed E-state index contributed by atoms with van der Waals surface area (Å²) in [5.74, 6) is 1.28. The predicted octanol–water partition coefficient (Wildman–Crippen LogP) is 3.54. The van der Waals surface area contributed by atoms with E-state index in [4.69, 9.17) is 5.73 Å². The Hall–Kier alpha value is -2.54. The molecule has 0 saturated carbocycles. The minimum Gasteiger partial charge on any atom is -0.385 e. The van der Waals surface area contributed by atoms with Gasteiger partial charge in [-0.3, -0.25) is 4.79 Å². The van der Waals surface area contributed by atoms with Crippen LogP contribution in [0.1, 0.15) is 36.5 Å². The third-order valence-corrected chi connectivity index (χ3v) is 5.38. The number of nitrogens with two attached hydrogens (primary N) is 1. The summed E-state index contributed by atoms with van der Waals surface area (Å²) >= 11 is 1.69. The van der Waals surface area contributed by atoms with Gasteiger partial charge < -0.3 is 16.4 Å². The summed E-state index contributed by atoms with van der Waals surface area (Å²) in [6.07, 6.45) is 2.62. The van der Waals surface area contributed by atoms with Crippen LogP contribution in [0, 0.1) is 13.8 Å². The molecular formula is C21H29N5OS. The Morgan fingerprint density at radius 1 is 1.21 bits per heavy atom. The first-order valence-electron chi connectivity index (χ1n) is 9.45. The zero-order chi connectivity index (χ0) is 20.5. The van der Waals surface area contributed by atoms with Crippen molar-refractivity contribution in [1.29, 1.82) is 0 Å². The molecule has 0 spiro atoms. The highest BCUT2D eigenvalue weighted by Gasteiger charge is 2.12. The van der Waals surface area contributed by atoms with E-state index in [2.05, 4.69) is 60.1 Å². The number of aryl methyl sites for hydroxylation is 2. The molecule has 0 aliphatic rings. The van der Waals surface area contributed by atoms with Crippen molar-refractivity contribution in [3.8, 4) is 11.3 Å². The Bertz CT molecular complexity index is 838. The summed E-state index contributed by atoms with van der Waals surface area (Å²) in [6.45, 7) is 11.8. The summed E-state index contributed by atoms with van der Waals surface area (Å²) < 4.78 is 0. The second-order valence-electron chi connectivity index (χ2n) is 6.61. The Morgan fingerprint density at radius 2 is 2.00 bits per heavy atom. The topological polar surface area (TPSA) is 92.9 Å². The van der Waals surface area contributed by atoms with Gasteiger partial charge in [-0.25, -0.2) is 9.97 Å². The van der Waals surface area contributed by atoms with Gasteiger partial charge in [0.2, 0.25) is 12.4 Å². The van der Waals surface area contributed by atoms with Crippen LogP contribution in [0.15, 0.2) is 29.8 Å². The summed E-state index contributed by atoms with van der Waals surface area (Å²) in [7, 11) is 0. The lowest BCUT2D eigenvalue weighted by Gasteiger charge is -2.16. The van der Waals surface area contributed by atoms with Gasteiger partial charge in [-0.05, 0) is 55.7 Å². The molecular weight excluding hydrogens is 370 g/mol. The van der Waals surface area contributed by atoms with Crippen molar-refractivity contribution in [3.05, 3.63) is 41.5 Å². The number of thioether (sulfide) groups is 1. The van der Waals surface area contributed by atoms with Gasteiger partial charge >= 0.3 is 0 Å². The highest BCUT2D eigenvalue weighted by molar-refractivity contribution is 7.99. The SMILES string of the molecule is C=C(NCCCNC=O)c1cc(-c2cc(SCCC)nc(N)n2)c(C)cc1C. The van der Waals surface area contributed by atoms with Crippen molar-refractivity contribution < 1.29 is 4.79 Å². The minimum atomic E-state index is 0.289. The molecule has 2 aromatic rings. The third kappa shape index (κ3) is 5.99. The average molecular weight is 400 g/mol. The van der Waals surface area contributed by atoms with Gasteiger partial charge in [-0.1, -0.05) is 19.6 Å². The zero-order valence-electron chi connectivity index (χ0n) is 16.8. The van der Waals surface area contributed by atoms with E-state index in [-0.39, 0.29) is 5.95 Å². The van der Waals surface area contributed by atoms with Crippen LogP contribution in [-0.2, 0) is 4.79 Å². The molecule has 6 nitrogen and oxygen atoms in total. The van der Waals surface area contributed by atoms with Gasteiger partial charge in [0.15, 0.2) is 0 Å². The molecule has 0 bridgehead atoms. The lowest BCUT2D eigenvalue weighted by Crippen LogP contribution is -2.20. The molecule has 7 heteroatoms. The summed E-state index contributed by atoms with van der Waals surface area (Å²) in [5.41, 5.74) is 12.0. The van der Waals surface area contributed by atoms with Crippen molar-refractivity contribution in [1.82, 2.24) is 20.6 Å². The number of nitrogens with one attached hydrogen (secondary N) is 2. The maximum absolute atomic E-state index is 10.3. The van der Waals surface area contributed by atoms with Crippen LogP contribution >= 0.6 is 11.8 Å². The molecule has 150 valence electrons. The fourth-order valence-electron chi connectivity index (χ4n) is 2.90. The van der Waals surface area contributed by atoms with E-state index in [1.165, 1.54) is 0 Å². The molecule has 0 unspecified atom stereocenters. The minimum absolute atomic E-state index is 0.289. The number of anilines is 1. The molecule has 0 fully saturated rings. The van der Waals surface area contributed by atoms with Gasteiger partial charge in [-0.15, -0.1) is 11.8 Å². The fraction of sp³-hybridized carbons (Fsp3) is 0.381. The third-order valence-electron chi connectivity index (χ3n) is 4.27. The fourth-order valence-corrected chi connectivity index (χ4v) is 3.66. The van der Waals surface area contributed by atoms with Gasteiger partial charge in [0.1, 0.15) is 5.03 Å². The number of carbonyl (C=O) groups is 1. The van der Waals surface area contributed by atoms with Gasteiger partial charge in [0.25, 0.3) is 0 Å².